The lowest BCUT2D eigenvalue weighted by molar-refractivity contribution is 0.232. The van der Waals surface area contributed by atoms with Crippen LogP contribution in [-0.2, 0) is 0 Å². The molecule has 0 aromatic rings. The molecule has 2 N–H and O–H groups in total. The van der Waals surface area contributed by atoms with Gasteiger partial charge in [-0.1, -0.05) is 13.8 Å². The van der Waals surface area contributed by atoms with Gasteiger partial charge in [0.15, 0.2) is 0 Å². The summed E-state index contributed by atoms with van der Waals surface area (Å²) in [4.78, 5) is 0. The van der Waals surface area contributed by atoms with Crippen LogP contribution in [0.3, 0.4) is 0 Å². The van der Waals surface area contributed by atoms with Gasteiger partial charge in [0.05, 0.1) is 0 Å². The van der Waals surface area contributed by atoms with Crippen LogP contribution in [0.2, 0.25) is 0 Å². The third kappa shape index (κ3) is 3.97. The van der Waals surface area contributed by atoms with E-state index < -0.39 is 0 Å². The summed E-state index contributed by atoms with van der Waals surface area (Å²) >= 11 is 0. The van der Waals surface area contributed by atoms with E-state index >= 15 is 0 Å². The van der Waals surface area contributed by atoms with Crippen molar-refractivity contribution in [1.82, 2.24) is 5.32 Å². The molecule has 1 aliphatic carbocycles. The highest BCUT2D eigenvalue weighted by Crippen LogP contribution is 2.29. The zero-order valence-corrected chi connectivity index (χ0v) is 9.63. The van der Waals surface area contributed by atoms with Crippen LogP contribution in [0.1, 0.15) is 46.0 Å². The highest BCUT2D eigenvalue weighted by molar-refractivity contribution is 4.78. The van der Waals surface area contributed by atoms with Gasteiger partial charge in [0.2, 0.25) is 0 Å². The fraction of sp³-hybridized carbons (Fsp3) is 1.00. The molecule has 0 atom stereocenters. The van der Waals surface area contributed by atoms with Gasteiger partial charge in [0.25, 0.3) is 0 Å². The summed E-state index contributed by atoms with van der Waals surface area (Å²) in [6.07, 6.45) is 6.32. The van der Waals surface area contributed by atoms with Crippen LogP contribution in [0.5, 0.6) is 0 Å². The lowest BCUT2D eigenvalue weighted by Gasteiger charge is -2.31. The Morgan fingerprint density at radius 3 is 2.36 bits per heavy atom. The van der Waals surface area contributed by atoms with E-state index in [0.717, 1.165) is 30.8 Å². The molecule has 0 aromatic heterocycles. The minimum Gasteiger partial charge on any atom is -0.396 e. The van der Waals surface area contributed by atoms with E-state index in [1.807, 2.05) is 0 Å². The maximum Gasteiger partial charge on any atom is 0.0443 e. The molecule has 0 amide bonds. The van der Waals surface area contributed by atoms with Crippen LogP contribution in [-0.4, -0.2) is 24.3 Å². The summed E-state index contributed by atoms with van der Waals surface area (Å²) < 4.78 is 0. The Kier molecular flexibility index (Phi) is 5.49. The fourth-order valence-corrected chi connectivity index (χ4v) is 2.38. The maximum atomic E-state index is 8.67. The molecule has 0 saturated heterocycles. The van der Waals surface area contributed by atoms with Crippen molar-refractivity contribution >= 4 is 0 Å². The first kappa shape index (κ1) is 12.0. The molecule has 1 aliphatic rings. The van der Waals surface area contributed by atoms with Gasteiger partial charge in [-0.05, 0) is 50.5 Å². The molecule has 0 aliphatic heterocycles. The molecule has 1 rings (SSSR count). The van der Waals surface area contributed by atoms with Crippen LogP contribution < -0.4 is 5.32 Å². The molecule has 1 fully saturated rings. The lowest BCUT2D eigenvalue weighted by atomic mass is 9.80. The van der Waals surface area contributed by atoms with Gasteiger partial charge < -0.3 is 10.4 Å². The van der Waals surface area contributed by atoms with Gasteiger partial charge in [-0.15, -0.1) is 0 Å². The van der Waals surface area contributed by atoms with Gasteiger partial charge in [-0.3, -0.25) is 0 Å². The Hall–Kier alpha value is -0.0800. The Bertz CT molecular complexity index is 139. The van der Waals surface area contributed by atoms with E-state index in [9.17, 15) is 0 Å². The Balaban J connectivity index is 2.09. The molecule has 0 radical (unpaired) electrons. The Labute approximate surface area is 88.1 Å². The van der Waals surface area contributed by atoms with Crippen molar-refractivity contribution in [2.24, 2.45) is 11.8 Å². The van der Waals surface area contributed by atoms with Crippen LogP contribution >= 0.6 is 0 Å². The molecule has 0 heterocycles. The molecule has 84 valence electrons. The lowest BCUT2D eigenvalue weighted by Crippen LogP contribution is -2.34. The summed E-state index contributed by atoms with van der Waals surface area (Å²) in [7, 11) is 0. The molecule has 14 heavy (non-hydrogen) atoms. The molecule has 2 heteroatoms. The van der Waals surface area contributed by atoms with E-state index in [4.69, 9.17) is 5.11 Å². The molecule has 1 saturated carbocycles. The Morgan fingerprint density at radius 2 is 1.86 bits per heavy atom. The number of aliphatic hydroxyl groups excluding tert-OH is 1. The molecule has 2 nitrogen and oxygen atoms in total. The highest BCUT2D eigenvalue weighted by Gasteiger charge is 2.22. The van der Waals surface area contributed by atoms with Crippen LogP contribution in [0.15, 0.2) is 0 Å². The van der Waals surface area contributed by atoms with E-state index in [1.54, 1.807) is 0 Å². The van der Waals surface area contributed by atoms with E-state index in [-0.39, 0.29) is 0 Å². The van der Waals surface area contributed by atoms with Gasteiger partial charge in [0, 0.05) is 12.6 Å². The zero-order valence-electron chi connectivity index (χ0n) is 9.63. The number of rotatable bonds is 5. The minimum absolute atomic E-state index is 0.314. The predicted octanol–water partition coefficient (Wildman–Crippen LogP) is 2.17. The molecule has 0 aromatic carbocycles. The average Bonchev–Trinajstić information content (AvgIpc) is 2.19. The second-order valence-corrected chi connectivity index (χ2v) is 4.89. The van der Waals surface area contributed by atoms with E-state index in [1.165, 1.54) is 25.7 Å². The first-order chi connectivity index (χ1) is 6.74. The summed E-state index contributed by atoms with van der Waals surface area (Å²) in [5.41, 5.74) is 0. The van der Waals surface area contributed by atoms with Crippen molar-refractivity contribution in [2.45, 2.75) is 52.0 Å². The monoisotopic (exact) mass is 199 g/mol. The van der Waals surface area contributed by atoms with Crippen molar-refractivity contribution in [3.05, 3.63) is 0 Å². The summed E-state index contributed by atoms with van der Waals surface area (Å²) in [5, 5.41) is 12.2. The maximum absolute atomic E-state index is 8.67. The summed E-state index contributed by atoms with van der Waals surface area (Å²) in [6.45, 7) is 5.97. The van der Waals surface area contributed by atoms with Crippen LogP contribution in [0, 0.1) is 11.8 Å². The second-order valence-electron chi connectivity index (χ2n) is 4.89. The van der Waals surface area contributed by atoms with Crippen molar-refractivity contribution in [1.29, 1.82) is 0 Å². The highest BCUT2D eigenvalue weighted by atomic mass is 16.3. The average molecular weight is 199 g/mol. The first-order valence-electron chi connectivity index (χ1n) is 6.08. The normalized spacial score (nSPS) is 28.3. The van der Waals surface area contributed by atoms with Crippen LogP contribution in [0.4, 0.5) is 0 Å². The summed E-state index contributed by atoms with van der Waals surface area (Å²) in [6, 6.07) is 0.719. The number of hydrogen-bond acceptors (Lipinski definition) is 2. The zero-order chi connectivity index (χ0) is 10.4. The second kappa shape index (κ2) is 6.41. The van der Waals surface area contributed by atoms with Gasteiger partial charge in [-0.2, -0.15) is 0 Å². The standard InChI is InChI=1S/C12H25NO/c1-10(2)11-4-6-12(7-5-11)13-8-3-9-14/h10-14H,3-9H2,1-2H3. The van der Waals surface area contributed by atoms with Crippen molar-refractivity contribution in [3.63, 3.8) is 0 Å². The van der Waals surface area contributed by atoms with Crippen molar-refractivity contribution < 1.29 is 5.11 Å². The Morgan fingerprint density at radius 1 is 1.21 bits per heavy atom. The van der Waals surface area contributed by atoms with Crippen molar-refractivity contribution in [2.75, 3.05) is 13.2 Å². The van der Waals surface area contributed by atoms with Crippen LogP contribution in [0.25, 0.3) is 0 Å². The molecular weight excluding hydrogens is 174 g/mol. The van der Waals surface area contributed by atoms with Gasteiger partial charge >= 0.3 is 0 Å². The topological polar surface area (TPSA) is 32.3 Å². The molecule has 0 unspecified atom stereocenters. The van der Waals surface area contributed by atoms with Gasteiger partial charge in [-0.25, -0.2) is 0 Å². The summed E-state index contributed by atoms with van der Waals surface area (Å²) in [5.74, 6) is 1.80. The number of aliphatic hydroxyl groups is 1. The third-order valence-corrected chi connectivity index (χ3v) is 3.48. The minimum atomic E-state index is 0.314. The predicted molar refractivity (Wildman–Crippen MR) is 60.3 cm³/mol. The van der Waals surface area contributed by atoms with E-state index in [0.29, 0.717) is 6.61 Å². The van der Waals surface area contributed by atoms with E-state index in [2.05, 4.69) is 19.2 Å². The quantitative estimate of drug-likeness (QED) is 0.665. The fourth-order valence-electron chi connectivity index (χ4n) is 2.38. The van der Waals surface area contributed by atoms with Gasteiger partial charge in [0.1, 0.15) is 0 Å². The molecule has 0 bridgehead atoms. The largest absolute Gasteiger partial charge is 0.396 e. The molecular formula is C12H25NO. The SMILES string of the molecule is CC(C)C1CCC(NCCCO)CC1. The number of nitrogens with one attached hydrogen (secondary N) is 1. The molecule has 0 spiro atoms. The third-order valence-electron chi connectivity index (χ3n) is 3.48. The first-order valence-corrected chi connectivity index (χ1v) is 6.08. The number of hydrogen-bond donors (Lipinski definition) is 2. The van der Waals surface area contributed by atoms with Crippen molar-refractivity contribution in [3.8, 4) is 0 Å². The smallest absolute Gasteiger partial charge is 0.0443 e.